The molecule has 0 atom stereocenters. The average molecular weight is 241 g/mol. The minimum Gasteiger partial charge on any atom is -0.389 e. The Hall–Kier alpha value is -0.570. The van der Waals surface area contributed by atoms with Crippen LogP contribution in [0.1, 0.15) is 59.8 Å². The van der Waals surface area contributed by atoms with E-state index >= 15 is 0 Å². The van der Waals surface area contributed by atoms with Crippen LogP contribution in [0.4, 0.5) is 0 Å². The van der Waals surface area contributed by atoms with Crippen LogP contribution in [0.25, 0.3) is 0 Å². The summed E-state index contributed by atoms with van der Waals surface area (Å²) in [6.45, 7) is 8.12. The van der Waals surface area contributed by atoms with Gasteiger partial charge in [0.25, 0.3) is 0 Å². The topological polar surface area (TPSA) is 49.3 Å². The maximum absolute atomic E-state index is 12.3. The predicted molar refractivity (Wildman–Crippen MR) is 69.7 cm³/mol. The van der Waals surface area contributed by atoms with Crippen LogP contribution in [0.3, 0.4) is 0 Å². The molecular formula is C14H27NO2. The second-order valence-corrected chi connectivity index (χ2v) is 6.58. The molecule has 1 aliphatic carbocycles. The lowest BCUT2D eigenvalue weighted by Crippen LogP contribution is -2.45. The van der Waals surface area contributed by atoms with Crippen LogP contribution in [-0.4, -0.2) is 23.2 Å². The third kappa shape index (κ3) is 4.30. The largest absolute Gasteiger partial charge is 0.389 e. The molecule has 0 aromatic heterocycles. The molecule has 3 heteroatoms. The third-order valence-corrected chi connectivity index (χ3v) is 3.52. The minimum atomic E-state index is -0.826. The highest BCUT2D eigenvalue weighted by Crippen LogP contribution is 2.43. The first kappa shape index (κ1) is 14.5. The molecule has 1 saturated carbocycles. The normalized spacial score (nSPS) is 19.6. The minimum absolute atomic E-state index is 0.144. The molecule has 0 bridgehead atoms. The summed E-state index contributed by atoms with van der Waals surface area (Å²) < 4.78 is 0. The molecule has 0 radical (unpaired) electrons. The molecule has 0 heterocycles. The van der Waals surface area contributed by atoms with E-state index in [1.165, 1.54) is 0 Å². The maximum Gasteiger partial charge on any atom is 0.226 e. The van der Waals surface area contributed by atoms with Crippen molar-refractivity contribution in [2.75, 3.05) is 6.54 Å². The molecule has 1 fully saturated rings. The Bertz CT molecular complexity index is 260. The molecule has 0 aromatic rings. The SMILES string of the molecule is CC(C)CC1(C(=O)NCC(C)(C)O)CCCC1. The quantitative estimate of drug-likeness (QED) is 0.777. The number of carbonyl (C=O) groups is 1. The third-order valence-electron chi connectivity index (χ3n) is 3.52. The zero-order valence-corrected chi connectivity index (χ0v) is 11.7. The number of carbonyl (C=O) groups excluding carboxylic acids is 1. The zero-order chi connectivity index (χ0) is 13.1. The van der Waals surface area contributed by atoms with Crippen LogP contribution >= 0.6 is 0 Å². The Morgan fingerprint density at radius 1 is 1.35 bits per heavy atom. The summed E-state index contributed by atoms with van der Waals surface area (Å²) in [6, 6.07) is 0. The van der Waals surface area contributed by atoms with Gasteiger partial charge in [0.1, 0.15) is 0 Å². The fraction of sp³-hybridized carbons (Fsp3) is 0.929. The molecule has 0 aromatic carbocycles. The van der Waals surface area contributed by atoms with E-state index in [-0.39, 0.29) is 11.3 Å². The van der Waals surface area contributed by atoms with Crippen LogP contribution in [-0.2, 0) is 4.79 Å². The molecule has 2 N–H and O–H groups in total. The monoisotopic (exact) mass is 241 g/mol. The summed E-state index contributed by atoms with van der Waals surface area (Å²) >= 11 is 0. The Morgan fingerprint density at radius 2 is 1.88 bits per heavy atom. The van der Waals surface area contributed by atoms with E-state index in [9.17, 15) is 9.90 Å². The van der Waals surface area contributed by atoms with E-state index in [1.807, 2.05) is 0 Å². The predicted octanol–water partition coefficient (Wildman–Crippen LogP) is 2.48. The molecule has 17 heavy (non-hydrogen) atoms. The van der Waals surface area contributed by atoms with E-state index in [1.54, 1.807) is 13.8 Å². The second-order valence-electron chi connectivity index (χ2n) is 6.58. The van der Waals surface area contributed by atoms with Gasteiger partial charge in [0.2, 0.25) is 5.91 Å². The summed E-state index contributed by atoms with van der Waals surface area (Å²) in [5.41, 5.74) is -0.993. The lowest BCUT2D eigenvalue weighted by Gasteiger charge is -2.31. The summed E-state index contributed by atoms with van der Waals surface area (Å²) in [6.07, 6.45) is 5.28. The fourth-order valence-corrected chi connectivity index (χ4v) is 2.84. The summed E-state index contributed by atoms with van der Waals surface area (Å²) in [5, 5.41) is 12.6. The van der Waals surface area contributed by atoms with Gasteiger partial charge in [-0.05, 0) is 39.0 Å². The number of nitrogens with one attached hydrogen (secondary N) is 1. The molecule has 0 saturated heterocycles. The Kier molecular flexibility index (Phi) is 4.59. The van der Waals surface area contributed by atoms with Gasteiger partial charge in [-0.15, -0.1) is 0 Å². The average Bonchev–Trinajstić information content (AvgIpc) is 2.61. The lowest BCUT2D eigenvalue weighted by atomic mass is 9.77. The van der Waals surface area contributed by atoms with Gasteiger partial charge in [-0.1, -0.05) is 26.7 Å². The lowest BCUT2D eigenvalue weighted by molar-refractivity contribution is -0.132. The van der Waals surface area contributed by atoms with Crippen LogP contribution in [0.15, 0.2) is 0 Å². The van der Waals surface area contributed by atoms with E-state index in [0.717, 1.165) is 32.1 Å². The number of hydrogen-bond acceptors (Lipinski definition) is 2. The zero-order valence-electron chi connectivity index (χ0n) is 11.7. The Balaban J connectivity index is 2.61. The molecule has 1 aliphatic rings. The number of hydrogen-bond donors (Lipinski definition) is 2. The van der Waals surface area contributed by atoms with Crippen LogP contribution in [0.5, 0.6) is 0 Å². The first-order chi connectivity index (χ1) is 7.75. The standard InChI is InChI=1S/C14H27NO2/c1-11(2)9-14(7-5-6-8-14)12(16)15-10-13(3,4)17/h11,17H,5-10H2,1-4H3,(H,15,16). The van der Waals surface area contributed by atoms with E-state index < -0.39 is 5.60 Å². The Morgan fingerprint density at radius 3 is 2.29 bits per heavy atom. The summed E-state index contributed by atoms with van der Waals surface area (Å²) in [7, 11) is 0. The highest BCUT2D eigenvalue weighted by molar-refractivity contribution is 5.83. The summed E-state index contributed by atoms with van der Waals surface area (Å²) in [4.78, 5) is 12.3. The van der Waals surface area contributed by atoms with Gasteiger partial charge >= 0.3 is 0 Å². The van der Waals surface area contributed by atoms with E-state index in [4.69, 9.17) is 0 Å². The number of rotatable bonds is 5. The van der Waals surface area contributed by atoms with Crippen LogP contribution in [0, 0.1) is 11.3 Å². The van der Waals surface area contributed by atoms with Crippen molar-refractivity contribution >= 4 is 5.91 Å². The number of amides is 1. The molecule has 0 spiro atoms. The van der Waals surface area contributed by atoms with Crippen molar-refractivity contribution in [3.05, 3.63) is 0 Å². The van der Waals surface area contributed by atoms with Crippen molar-refractivity contribution in [3.8, 4) is 0 Å². The molecule has 1 rings (SSSR count). The smallest absolute Gasteiger partial charge is 0.226 e. The van der Waals surface area contributed by atoms with Crippen molar-refractivity contribution in [2.24, 2.45) is 11.3 Å². The van der Waals surface area contributed by atoms with Gasteiger partial charge in [-0.25, -0.2) is 0 Å². The maximum atomic E-state index is 12.3. The van der Waals surface area contributed by atoms with Crippen molar-refractivity contribution < 1.29 is 9.90 Å². The van der Waals surface area contributed by atoms with Crippen molar-refractivity contribution in [2.45, 2.75) is 65.4 Å². The second kappa shape index (κ2) is 5.38. The first-order valence-electron chi connectivity index (χ1n) is 6.76. The summed E-state index contributed by atoms with van der Waals surface area (Å²) in [5.74, 6) is 0.687. The first-order valence-corrected chi connectivity index (χ1v) is 6.76. The highest BCUT2D eigenvalue weighted by atomic mass is 16.3. The van der Waals surface area contributed by atoms with Gasteiger partial charge in [0, 0.05) is 12.0 Å². The van der Waals surface area contributed by atoms with Crippen molar-refractivity contribution in [3.63, 3.8) is 0 Å². The fourth-order valence-electron chi connectivity index (χ4n) is 2.84. The molecule has 3 nitrogen and oxygen atoms in total. The van der Waals surface area contributed by atoms with Crippen LogP contribution in [0.2, 0.25) is 0 Å². The van der Waals surface area contributed by atoms with Crippen LogP contribution < -0.4 is 5.32 Å². The van der Waals surface area contributed by atoms with Crippen molar-refractivity contribution in [1.29, 1.82) is 0 Å². The van der Waals surface area contributed by atoms with Gasteiger partial charge in [-0.2, -0.15) is 0 Å². The van der Waals surface area contributed by atoms with Crippen molar-refractivity contribution in [1.82, 2.24) is 5.32 Å². The van der Waals surface area contributed by atoms with E-state index in [0.29, 0.717) is 12.5 Å². The molecule has 1 amide bonds. The molecule has 100 valence electrons. The molecular weight excluding hydrogens is 214 g/mol. The highest BCUT2D eigenvalue weighted by Gasteiger charge is 2.41. The van der Waals surface area contributed by atoms with Gasteiger partial charge in [0.15, 0.2) is 0 Å². The number of aliphatic hydroxyl groups is 1. The molecule has 0 aliphatic heterocycles. The van der Waals surface area contributed by atoms with Gasteiger partial charge in [0.05, 0.1) is 5.60 Å². The van der Waals surface area contributed by atoms with Gasteiger partial charge < -0.3 is 10.4 Å². The van der Waals surface area contributed by atoms with E-state index in [2.05, 4.69) is 19.2 Å². The Labute approximate surface area is 105 Å². The van der Waals surface area contributed by atoms with Gasteiger partial charge in [-0.3, -0.25) is 4.79 Å². The molecule has 0 unspecified atom stereocenters.